The quantitative estimate of drug-likeness (QED) is 0.794. The van der Waals surface area contributed by atoms with E-state index in [2.05, 4.69) is 91.9 Å². The normalized spacial score (nSPS) is 15.2. The average molecular weight is 318 g/mol. The Balaban J connectivity index is 1.91. The molecule has 0 fully saturated rings. The molecule has 0 aromatic heterocycles. The summed E-state index contributed by atoms with van der Waals surface area (Å²) in [5, 5.41) is 3.62. The number of hydrogen-bond donors (Lipinski definition) is 1. The molecular formula is C22H26N2. The van der Waals surface area contributed by atoms with Crippen LogP contribution in [0.2, 0.25) is 0 Å². The smallest absolute Gasteiger partial charge is 0.0491 e. The number of rotatable bonds is 6. The highest BCUT2D eigenvalue weighted by Crippen LogP contribution is 2.34. The molecule has 1 atom stereocenters. The highest BCUT2D eigenvalue weighted by molar-refractivity contribution is 5.77. The van der Waals surface area contributed by atoms with Gasteiger partial charge in [-0.15, -0.1) is 0 Å². The van der Waals surface area contributed by atoms with Crippen LogP contribution in [0.1, 0.15) is 30.5 Å². The molecule has 2 heteroatoms. The van der Waals surface area contributed by atoms with Gasteiger partial charge in [-0.1, -0.05) is 54.6 Å². The summed E-state index contributed by atoms with van der Waals surface area (Å²) >= 11 is 0. The summed E-state index contributed by atoms with van der Waals surface area (Å²) in [6.45, 7) is 3.22. The second kappa shape index (κ2) is 7.50. The van der Waals surface area contributed by atoms with Gasteiger partial charge in [-0.25, -0.2) is 0 Å². The van der Waals surface area contributed by atoms with Crippen molar-refractivity contribution in [3.8, 4) is 0 Å². The molecule has 0 aliphatic heterocycles. The van der Waals surface area contributed by atoms with Gasteiger partial charge in [0.2, 0.25) is 0 Å². The standard InChI is InChI=1S/C22H26N2/c1-17(23-19-11-5-4-6-12-19)20-13-7-8-14-22(20)21-15-9-10-18(21)16-24(2)3/h4-14,17,23H,15-16H2,1-3H3. The molecule has 1 N–H and O–H groups in total. The van der Waals surface area contributed by atoms with Crippen LogP contribution in [0.4, 0.5) is 5.69 Å². The maximum absolute atomic E-state index is 3.62. The van der Waals surface area contributed by atoms with Gasteiger partial charge in [0.05, 0.1) is 0 Å². The molecule has 0 saturated carbocycles. The van der Waals surface area contributed by atoms with Gasteiger partial charge in [-0.3, -0.25) is 0 Å². The minimum Gasteiger partial charge on any atom is -0.378 e. The monoisotopic (exact) mass is 318 g/mol. The molecule has 3 rings (SSSR count). The molecule has 2 nitrogen and oxygen atoms in total. The highest BCUT2D eigenvalue weighted by atomic mass is 15.0. The Hall–Kier alpha value is -2.32. The van der Waals surface area contributed by atoms with Gasteiger partial charge in [-0.05, 0) is 61.8 Å². The van der Waals surface area contributed by atoms with Crippen LogP contribution < -0.4 is 5.32 Å². The van der Waals surface area contributed by atoms with Crippen molar-refractivity contribution in [2.45, 2.75) is 19.4 Å². The van der Waals surface area contributed by atoms with Crippen LogP contribution in [0.3, 0.4) is 0 Å². The molecule has 24 heavy (non-hydrogen) atoms. The first-order valence-corrected chi connectivity index (χ1v) is 8.59. The molecule has 1 aliphatic carbocycles. The Morgan fingerprint density at radius 2 is 1.71 bits per heavy atom. The first-order valence-electron chi connectivity index (χ1n) is 8.59. The van der Waals surface area contributed by atoms with Crippen molar-refractivity contribution < 1.29 is 0 Å². The number of likely N-dealkylation sites (N-methyl/N-ethyl adjacent to an activating group) is 1. The minimum absolute atomic E-state index is 0.261. The Morgan fingerprint density at radius 3 is 2.46 bits per heavy atom. The lowest BCUT2D eigenvalue weighted by molar-refractivity contribution is 0.450. The summed E-state index contributed by atoms with van der Waals surface area (Å²) in [5.74, 6) is 0. The average Bonchev–Trinajstić information content (AvgIpc) is 3.03. The van der Waals surface area contributed by atoms with Gasteiger partial charge in [0.1, 0.15) is 0 Å². The van der Waals surface area contributed by atoms with E-state index in [9.17, 15) is 0 Å². The van der Waals surface area contributed by atoms with Gasteiger partial charge in [0.15, 0.2) is 0 Å². The zero-order chi connectivity index (χ0) is 16.9. The van der Waals surface area contributed by atoms with Gasteiger partial charge < -0.3 is 10.2 Å². The molecule has 0 amide bonds. The summed E-state index contributed by atoms with van der Waals surface area (Å²) in [6.07, 6.45) is 5.58. The molecule has 0 saturated heterocycles. The molecule has 1 aliphatic rings. The van der Waals surface area contributed by atoms with Crippen molar-refractivity contribution in [2.24, 2.45) is 0 Å². The predicted molar refractivity (Wildman–Crippen MR) is 104 cm³/mol. The first-order chi connectivity index (χ1) is 11.6. The van der Waals surface area contributed by atoms with E-state index in [4.69, 9.17) is 0 Å². The fourth-order valence-corrected chi connectivity index (χ4v) is 3.33. The molecule has 0 radical (unpaired) electrons. The van der Waals surface area contributed by atoms with Crippen LogP contribution in [0.5, 0.6) is 0 Å². The number of anilines is 1. The maximum Gasteiger partial charge on any atom is 0.0491 e. The molecule has 0 heterocycles. The Bertz CT molecular complexity index is 742. The van der Waals surface area contributed by atoms with Gasteiger partial charge in [0, 0.05) is 18.3 Å². The molecule has 0 spiro atoms. The Labute approximate surface area is 145 Å². The summed E-state index contributed by atoms with van der Waals surface area (Å²) in [5.41, 5.74) is 6.78. The van der Waals surface area contributed by atoms with Crippen molar-refractivity contribution in [3.05, 3.63) is 83.4 Å². The van der Waals surface area contributed by atoms with Crippen molar-refractivity contribution in [1.29, 1.82) is 0 Å². The van der Waals surface area contributed by atoms with E-state index in [0.29, 0.717) is 0 Å². The number of hydrogen-bond acceptors (Lipinski definition) is 2. The number of nitrogens with one attached hydrogen (secondary N) is 1. The largest absolute Gasteiger partial charge is 0.378 e. The number of benzene rings is 2. The zero-order valence-electron chi connectivity index (χ0n) is 14.8. The highest BCUT2D eigenvalue weighted by Gasteiger charge is 2.17. The molecule has 1 unspecified atom stereocenters. The number of allylic oxidation sites excluding steroid dienone is 2. The van der Waals surface area contributed by atoms with Crippen LogP contribution in [-0.4, -0.2) is 25.5 Å². The van der Waals surface area contributed by atoms with Crippen LogP contribution in [0.15, 0.2) is 72.3 Å². The van der Waals surface area contributed by atoms with Crippen LogP contribution in [0.25, 0.3) is 5.57 Å². The van der Waals surface area contributed by atoms with E-state index in [1.807, 2.05) is 6.07 Å². The van der Waals surface area contributed by atoms with Gasteiger partial charge in [-0.2, -0.15) is 0 Å². The molecule has 2 aromatic carbocycles. The van der Waals surface area contributed by atoms with E-state index in [0.717, 1.165) is 18.7 Å². The summed E-state index contributed by atoms with van der Waals surface area (Å²) in [4.78, 5) is 2.24. The molecule has 124 valence electrons. The Morgan fingerprint density at radius 1 is 1.00 bits per heavy atom. The van der Waals surface area contributed by atoms with Crippen LogP contribution >= 0.6 is 0 Å². The van der Waals surface area contributed by atoms with Crippen molar-refractivity contribution >= 4 is 11.3 Å². The van der Waals surface area contributed by atoms with Crippen LogP contribution in [-0.2, 0) is 0 Å². The third-order valence-corrected chi connectivity index (χ3v) is 4.42. The molecule has 0 bridgehead atoms. The lowest BCUT2D eigenvalue weighted by Crippen LogP contribution is -2.15. The van der Waals surface area contributed by atoms with E-state index in [-0.39, 0.29) is 6.04 Å². The maximum atomic E-state index is 3.62. The summed E-state index contributed by atoms with van der Waals surface area (Å²) in [7, 11) is 4.25. The van der Waals surface area contributed by atoms with Gasteiger partial charge in [0.25, 0.3) is 0 Å². The first kappa shape index (κ1) is 16.5. The van der Waals surface area contributed by atoms with Gasteiger partial charge >= 0.3 is 0 Å². The second-order valence-corrected chi connectivity index (χ2v) is 6.67. The zero-order valence-corrected chi connectivity index (χ0v) is 14.8. The summed E-state index contributed by atoms with van der Waals surface area (Å²) in [6, 6.07) is 19.5. The number of para-hydroxylation sites is 1. The van der Waals surface area contributed by atoms with E-state index >= 15 is 0 Å². The predicted octanol–water partition coefficient (Wildman–Crippen LogP) is 5.13. The van der Waals surface area contributed by atoms with Crippen molar-refractivity contribution in [1.82, 2.24) is 4.90 Å². The van der Waals surface area contributed by atoms with Crippen LogP contribution in [0, 0.1) is 0 Å². The lowest BCUT2D eigenvalue weighted by Gasteiger charge is -2.21. The minimum atomic E-state index is 0.261. The SMILES string of the molecule is CC(Nc1ccccc1)c1ccccc1C1=C(CN(C)C)C=CC1. The molecular weight excluding hydrogens is 292 g/mol. The van der Waals surface area contributed by atoms with E-state index in [1.165, 1.54) is 22.3 Å². The van der Waals surface area contributed by atoms with Crippen molar-refractivity contribution in [3.63, 3.8) is 0 Å². The fraction of sp³-hybridized carbons (Fsp3) is 0.273. The van der Waals surface area contributed by atoms with E-state index < -0.39 is 0 Å². The third-order valence-electron chi connectivity index (χ3n) is 4.42. The fourth-order valence-electron chi connectivity index (χ4n) is 3.33. The lowest BCUT2D eigenvalue weighted by atomic mass is 9.92. The third kappa shape index (κ3) is 3.77. The Kier molecular flexibility index (Phi) is 5.17. The summed E-state index contributed by atoms with van der Waals surface area (Å²) < 4.78 is 0. The van der Waals surface area contributed by atoms with E-state index in [1.54, 1.807) is 0 Å². The molecule has 2 aromatic rings. The topological polar surface area (TPSA) is 15.3 Å². The van der Waals surface area contributed by atoms with Crippen molar-refractivity contribution in [2.75, 3.05) is 26.0 Å². The number of nitrogens with zero attached hydrogens (tertiary/aromatic N) is 1. The second-order valence-electron chi connectivity index (χ2n) is 6.67.